The van der Waals surface area contributed by atoms with Gasteiger partial charge in [-0.3, -0.25) is 15.8 Å². The van der Waals surface area contributed by atoms with Crippen LogP contribution >= 0.6 is 0 Å². The van der Waals surface area contributed by atoms with Crippen molar-refractivity contribution in [3.8, 4) is 17.3 Å². The van der Waals surface area contributed by atoms with Gasteiger partial charge in [-0.1, -0.05) is 0 Å². The van der Waals surface area contributed by atoms with Gasteiger partial charge in [0.15, 0.2) is 5.96 Å². The van der Waals surface area contributed by atoms with Crippen molar-refractivity contribution >= 4 is 18.0 Å². The van der Waals surface area contributed by atoms with E-state index in [1.54, 1.807) is 25.4 Å². The van der Waals surface area contributed by atoms with Gasteiger partial charge in [0.05, 0.1) is 23.3 Å². The number of aromatic nitrogens is 2. The first kappa shape index (κ1) is 18.3. The van der Waals surface area contributed by atoms with Crippen LogP contribution in [0.2, 0.25) is 0 Å². The van der Waals surface area contributed by atoms with Crippen molar-refractivity contribution in [2.75, 3.05) is 38.1 Å². The number of nitrogens with one attached hydrogen (secondary N) is 2. The van der Waals surface area contributed by atoms with Gasteiger partial charge in [-0.2, -0.15) is 9.65 Å². The van der Waals surface area contributed by atoms with Crippen LogP contribution in [0.25, 0.3) is 11.3 Å². The van der Waals surface area contributed by atoms with Crippen LogP contribution in [0.5, 0.6) is 0 Å². The summed E-state index contributed by atoms with van der Waals surface area (Å²) in [6.07, 6.45) is 4.07. The Hall–Kier alpha value is -3.54. The SMILES string of the molecule is CN(C=N)C(=N)N1CCN(c2c(C#N)ccnc2-c2ccc(F)nc2)CC1. The Morgan fingerprint density at radius 3 is 2.59 bits per heavy atom. The van der Waals surface area contributed by atoms with E-state index in [2.05, 4.69) is 20.9 Å². The highest BCUT2D eigenvalue weighted by Crippen LogP contribution is 2.32. The Bertz CT molecular complexity index is 881. The zero-order valence-corrected chi connectivity index (χ0v) is 14.9. The van der Waals surface area contributed by atoms with E-state index in [9.17, 15) is 9.65 Å². The quantitative estimate of drug-likeness (QED) is 0.487. The average Bonchev–Trinajstić information content (AvgIpc) is 2.72. The molecular formula is C18H19FN8. The number of hydrogen-bond acceptors (Lipinski definition) is 6. The normalized spacial score (nSPS) is 13.8. The Labute approximate surface area is 156 Å². The molecule has 1 saturated heterocycles. The summed E-state index contributed by atoms with van der Waals surface area (Å²) < 4.78 is 13.2. The van der Waals surface area contributed by atoms with Crippen molar-refractivity contribution in [3.63, 3.8) is 0 Å². The zero-order chi connectivity index (χ0) is 19.4. The summed E-state index contributed by atoms with van der Waals surface area (Å²) >= 11 is 0. The van der Waals surface area contributed by atoms with Crippen LogP contribution in [0, 0.1) is 28.1 Å². The van der Waals surface area contributed by atoms with E-state index in [1.165, 1.54) is 17.2 Å². The van der Waals surface area contributed by atoms with Crippen LogP contribution in [-0.2, 0) is 0 Å². The molecule has 1 fully saturated rings. The molecule has 27 heavy (non-hydrogen) atoms. The minimum atomic E-state index is -0.570. The Morgan fingerprint density at radius 2 is 2.00 bits per heavy atom. The highest BCUT2D eigenvalue weighted by Gasteiger charge is 2.25. The molecule has 3 rings (SSSR count). The van der Waals surface area contributed by atoms with E-state index in [0.29, 0.717) is 48.7 Å². The highest BCUT2D eigenvalue weighted by molar-refractivity contribution is 5.87. The lowest BCUT2D eigenvalue weighted by atomic mass is 10.1. The molecule has 2 N–H and O–H groups in total. The number of nitriles is 1. The van der Waals surface area contributed by atoms with Gasteiger partial charge in [-0.05, 0) is 18.2 Å². The van der Waals surface area contributed by atoms with Gasteiger partial charge in [0, 0.05) is 51.2 Å². The summed E-state index contributed by atoms with van der Waals surface area (Å²) in [5, 5.41) is 24.9. The fourth-order valence-corrected chi connectivity index (χ4v) is 3.02. The third-order valence-electron chi connectivity index (χ3n) is 4.47. The largest absolute Gasteiger partial charge is 0.365 e. The van der Waals surface area contributed by atoms with Crippen molar-refractivity contribution in [3.05, 3.63) is 42.1 Å². The van der Waals surface area contributed by atoms with Gasteiger partial charge in [0.2, 0.25) is 5.95 Å². The van der Waals surface area contributed by atoms with Gasteiger partial charge in [-0.15, -0.1) is 0 Å². The van der Waals surface area contributed by atoms with Gasteiger partial charge in [0.1, 0.15) is 6.07 Å². The average molecular weight is 366 g/mol. The molecule has 0 radical (unpaired) electrons. The monoisotopic (exact) mass is 366 g/mol. The number of piperazine rings is 1. The van der Waals surface area contributed by atoms with Crippen molar-refractivity contribution in [1.29, 1.82) is 16.1 Å². The van der Waals surface area contributed by atoms with E-state index in [4.69, 9.17) is 10.8 Å². The van der Waals surface area contributed by atoms with E-state index in [0.717, 1.165) is 6.34 Å². The van der Waals surface area contributed by atoms with Crippen LogP contribution in [0.1, 0.15) is 5.56 Å². The van der Waals surface area contributed by atoms with Crippen LogP contribution in [-0.4, -0.2) is 65.3 Å². The number of anilines is 1. The molecule has 2 aromatic rings. The first-order valence-electron chi connectivity index (χ1n) is 8.38. The lowest BCUT2D eigenvalue weighted by molar-refractivity contribution is 0.355. The molecule has 0 saturated carbocycles. The van der Waals surface area contributed by atoms with E-state index >= 15 is 0 Å². The van der Waals surface area contributed by atoms with Crippen molar-refractivity contribution in [2.24, 2.45) is 0 Å². The topological polar surface area (TPSA) is 107 Å². The molecule has 0 bridgehead atoms. The number of pyridine rings is 2. The number of halogens is 1. The molecule has 1 aliphatic rings. The molecule has 3 heterocycles. The molecule has 0 amide bonds. The van der Waals surface area contributed by atoms with Crippen LogP contribution in [0.3, 0.4) is 0 Å². The minimum Gasteiger partial charge on any atom is -0.365 e. The smallest absolute Gasteiger partial charge is 0.212 e. The first-order valence-corrected chi connectivity index (χ1v) is 8.38. The maximum absolute atomic E-state index is 13.2. The van der Waals surface area contributed by atoms with Crippen molar-refractivity contribution in [2.45, 2.75) is 0 Å². The number of nitrogens with zero attached hydrogens (tertiary/aromatic N) is 6. The molecule has 0 unspecified atom stereocenters. The van der Waals surface area contributed by atoms with Crippen LogP contribution < -0.4 is 4.90 Å². The summed E-state index contributed by atoms with van der Waals surface area (Å²) in [6.45, 7) is 2.35. The summed E-state index contributed by atoms with van der Waals surface area (Å²) in [5.74, 6) is -0.307. The van der Waals surface area contributed by atoms with Gasteiger partial charge >= 0.3 is 0 Å². The third-order valence-corrected chi connectivity index (χ3v) is 4.47. The number of guanidine groups is 1. The molecular weight excluding hydrogens is 347 g/mol. The second kappa shape index (κ2) is 7.78. The highest BCUT2D eigenvalue weighted by atomic mass is 19.1. The third kappa shape index (κ3) is 3.69. The zero-order valence-electron chi connectivity index (χ0n) is 14.9. The summed E-state index contributed by atoms with van der Waals surface area (Å²) in [5.41, 5.74) is 2.41. The lowest BCUT2D eigenvalue weighted by Crippen LogP contribution is -2.52. The van der Waals surface area contributed by atoms with Gasteiger partial charge < -0.3 is 14.7 Å². The standard InChI is InChI=1S/C18H19FN8/c1-25(12-21)18(22)27-8-6-26(7-9-27)17-13(10-20)4-5-23-16(17)14-2-3-15(19)24-11-14/h2-5,11-12,21-22H,6-9H2,1H3. The Kier molecular flexibility index (Phi) is 5.26. The predicted molar refractivity (Wildman–Crippen MR) is 100 cm³/mol. The number of hydrogen-bond donors (Lipinski definition) is 2. The predicted octanol–water partition coefficient (Wildman–Crippen LogP) is 1.75. The van der Waals surface area contributed by atoms with Crippen molar-refractivity contribution < 1.29 is 4.39 Å². The second-order valence-electron chi connectivity index (χ2n) is 6.07. The molecule has 138 valence electrons. The maximum atomic E-state index is 13.2. The molecule has 0 aliphatic carbocycles. The second-order valence-corrected chi connectivity index (χ2v) is 6.07. The Morgan fingerprint density at radius 1 is 1.26 bits per heavy atom. The van der Waals surface area contributed by atoms with E-state index in [1.807, 2.05) is 4.90 Å². The number of rotatable bonds is 3. The van der Waals surface area contributed by atoms with Gasteiger partial charge in [0.25, 0.3) is 0 Å². The molecule has 8 nitrogen and oxygen atoms in total. The van der Waals surface area contributed by atoms with Crippen LogP contribution in [0.15, 0.2) is 30.6 Å². The molecule has 0 aromatic carbocycles. The van der Waals surface area contributed by atoms with Gasteiger partial charge in [-0.25, -0.2) is 4.98 Å². The minimum absolute atomic E-state index is 0.263. The molecule has 9 heteroatoms. The summed E-state index contributed by atoms with van der Waals surface area (Å²) in [4.78, 5) is 13.5. The fourth-order valence-electron chi connectivity index (χ4n) is 3.02. The van der Waals surface area contributed by atoms with Crippen LogP contribution in [0.4, 0.5) is 10.1 Å². The first-order chi connectivity index (χ1) is 13.0. The Balaban J connectivity index is 1.89. The van der Waals surface area contributed by atoms with E-state index in [-0.39, 0.29) is 5.96 Å². The fraction of sp³-hybridized carbons (Fsp3) is 0.278. The lowest BCUT2D eigenvalue weighted by Gasteiger charge is -2.39. The summed E-state index contributed by atoms with van der Waals surface area (Å²) in [6, 6.07) is 6.73. The molecule has 0 atom stereocenters. The summed E-state index contributed by atoms with van der Waals surface area (Å²) in [7, 11) is 1.66. The molecule has 2 aromatic heterocycles. The maximum Gasteiger partial charge on any atom is 0.212 e. The van der Waals surface area contributed by atoms with Crippen molar-refractivity contribution in [1.82, 2.24) is 19.8 Å². The molecule has 1 aliphatic heterocycles. The van der Waals surface area contributed by atoms with E-state index < -0.39 is 5.95 Å². The molecule has 0 spiro atoms.